The molecule has 5 nitrogen and oxygen atoms in total. The first-order chi connectivity index (χ1) is 8.52. The van der Waals surface area contributed by atoms with Gasteiger partial charge in [0.15, 0.2) is 0 Å². The molecule has 96 valence electrons. The number of halogens is 1. The molecular formula is C12H12BrNO4. The lowest BCUT2D eigenvalue weighted by Gasteiger charge is -2.10. The first kappa shape index (κ1) is 12.9. The average molecular weight is 314 g/mol. The standard InChI is InChI=1S/C12H12BrNO4/c1-18-10-3-2-6(13)4-9(10)14-11(15)7-5-8(7)12(16)17/h2-4,7-8H,5H2,1H3,(H,14,15)(H,16,17)/t7-,8+/m1/s1. The van der Waals surface area contributed by atoms with Crippen molar-refractivity contribution in [3.63, 3.8) is 0 Å². The molecule has 0 aliphatic heterocycles. The van der Waals surface area contributed by atoms with Gasteiger partial charge in [-0.25, -0.2) is 0 Å². The number of benzene rings is 1. The summed E-state index contributed by atoms with van der Waals surface area (Å²) < 4.78 is 5.93. The monoisotopic (exact) mass is 313 g/mol. The minimum absolute atomic E-state index is 0.279. The van der Waals surface area contributed by atoms with Crippen LogP contribution in [0.5, 0.6) is 5.75 Å². The lowest BCUT2D eigenvalue weighted by Crippen LogP contribution is -2.17. The van der Waals surface area contributed by atoms with Crippen molar-refractivity contribution < 1.29 is 19.4 Å². The molecular weight excluding hydrogens is 302 g/mol. The lowest BCUT2D eigenvalue weighted by atomic mass is 10.2. The molecule has 1 aromatic rings. The first-order valence-electron chi connectivity index (χ1n) is 5.40. The van der Waals surface area contributed by atoms with Crippen LogP contribution in [0, 0.1) is 11.8 Å². The highest BCUT2D eigenvalue weighted by molar-refractivity contribution is 9.10. The number of carbonyl (C=O) groups excluding carboxylic acids is 1. The van der Waals surface area contributed by atoms with E-state index >= 15 is 0 Å². The number of hydrogen-bond acceptors (Lipinski definition) is 3. The van der Waals surface area contributed by atoms with Gasteiger partial charge in [0.1, 0.15) is 5.75 Å². The molecule has 1 fully saturated rings. The first-order valence-corrected chi connectivity index (χ1v) is 6.19. The van der Waals surface area contributed by atoms with E-state index in [4.69, 9.17) is 9.84 Å². The van der Waals surface area contributed by atoms with Gasteiger partial charge in [-0.2, -0.15) is 0 Å². The van der Waals surface area contributed by atoms with Crippen LogP contribution in [0.2, 0.25) is 0 Å². The maximum Gasteiger partial charge on any atom is 0.307 e. The molecule has 2 rings (SSSR count). The molecule has 18 heavy (non-hydrogen) atoms. The summed E-state index contributed by atoms with van der Waals surface area (Å²) in [5.41, 5.74) is 0.535. The number of carboxylic acids is 1. The van der Waals surface area contributed by atoms with E-state index in [1.165, 1.54) is 7.11 Å². The van der Waals surface area contributed by atoms with E-state index in [0.717, 1.165) is 4.47 Å². The summed E-state index contributed by atoms with van der Waals surface area (Å²) in [6, 6.07) is 5.24. The molecule has 1 saturated carbocycles. The van der Waals surface area contributed by atoms with Crippen molar-refractivity contribution in [2.45, 2.75) is 6.42 Å². The molecule has 0 unspecified atom stereocenters. The van der Waals surface area contributed by atoms with Crippen LogP contribution in [0.15, 0.2) is 22.7 Å². The van der Waals surface area contributed by atoms with Gasteiger partial charge in [-0.1, -0.05) is 15.9 Å². The fourth-order valence-electron chi connectivity index (χ4n) is 1.76. The number of methoxy groups -OCH3 is 1. The van der Waals surface area contributed by atoms with Crippen molar-refractivity contribution in [2.24, 2.45) is 11.8 Å². The molecule has 0 aromatic heterocycles. The SMILES string of the molecule is COc1ccc(Br)cc1NC(=O)[C@@H]1C[C@@H]1C(=O)O. The molecule has 0 spiro atoms. The Hall–Kier alpha value is -1.56. The smallest absolute Gasteiger partial charge is 0.307 e. The van der Waals surface area contributed by atoms with Crippen LogP contribution in [-0.2, 0) is 9.59 Å². The van der Waals surface area contributed by atoms with Crippen LogP contribution in [0.3, 0.4) is 0 Å². The Balaban J connectivity index is 2.08. The number of ether oxygens (including phenoxy) is 1. The van der Waals surface area contributed by atoms with Crippen molar-refractivity contribution >= 4 is 33.5 Å². The van der Waals surface area contributed by atoms with Gasteiger partial charge in [0, 0.05) is 4.47 Å². The molecule has 2 atom stereocenters. The number of carboxylic acid groups (broad SMARTS) is 1. The van der Waals surface area contributed by atoms with Gasteiger partial charge in [0.05, 0.1) is 24.6 Å². The summed E-state index contributed by atoms with van der Waals surface area (Å²) in [5.74, 6) is -1.65. The Morgan fingerprint density at radius 2 is 2.17 bits per heavy atom. The van der Waals surface area contributed by atoms with Gasteiger partial charge in [0.2, 0.25) is 5.91 Å². The van der Waals surface area contributed by atoms with E-state index in [1.807, 2.05) is 0 Å². The average Bonchev–Trinajstić information content (AvgIpc) is 3.09. The number of nitrogens with one attached hydrogen (secondary N) is 1. The Kier molecular flexibility index (Phi) is 3.56. The van der Waals surface area contributed by atoms with Gasteiger partial charge < -0.3 is 15.2 Å². The highest BCUT2D eigenvalue weighted by atomic mass is 79.9. The Labute approximate surface area is 112 Å². The highest BCUT2D eigenvalue weighted by Crippen LogP contribution is 2.40. The van der Waals surface area contributed by atoms with Crippen molar-refractivity contribution in [3.05, 3.63) is 22.7 Å². The zero-order chi connectivity index (χ0) is 13.3. The summed E-state index contributed by atoms with van der Waals surface area (Å²) in [7, 11) is 1.51. The molecule has 1 amide bonds. The molecule has 1 aliphatic carbocycles. The third-order valence-corrected chi connectivity index (χ3v) is 3.36. The van der Waals surface area contributed by atoms with Gasteiger partial charge in [-0.15, -0.1) is 0 Å². The second-order valence-electron chi connectivity index (χ2n) is 4.12. The van der Waals surface area contributed by atoms with Crippen molar-refractivity contribution in [1.82, 2.24) is 0 Å². The number of anilines is 1. The van der Waals surface area contributed by atoms with Crippen LogP contribution in [0.4, 0.5) is 5.69 Å². The van der Waals surface area contributed by atoms with E-state index in [-0.39, 0.29) is 5.91 Å². The number of rotatable bonds is 4. The zero-order valence-corrected chi connectivity index (χ0v) is 11.2. The quantitative estimate of drug-likeness (QED) is 0.892. The van der Waals surface area contributed by atoms with Crippen LogP contribution in [0.1, 0.15) is 6.42 Å². The summed E-state index contributed by atoms with van der Waals surface area (Å²) >= 11 is 3.30. The third-order valence-electron chi connectivity index (χ3n) is 2.86. The second kappa shape index (κ2) is 4.97. The Morgan fingerprint density at radius 1 is 1.44 bits per heavy atom. The van der Waals surface area contributed by atoms with Crippen molar-refractivity contribution in [1.29, 1.82) is 0 Å². The second-order valence-corrected chi connectivity index (χ2v) is 5.04. The predicted molar refractivity (Wildman–Crippen MR) is 68.6 cm³/mol. The fraction of sp³-hybridized carbons (Fsp3) is 0.333. The predicted octanol–water partition coefficient (Wildman–Crippen LogP) is 2.12. The van der Waals surface area contributed by atoms with E-state index in [0.29, 0.717) is 17.9 Å². The number of amides is 1. The largest absolute Gasteiger partial charge is 0.495 e. The molecule has 6 heteroatoms. The number of hydrogen-bond donors (Lipinski definition) is 2. The van der Waals surface area contributed by atoms with Crippen LogP contribution >= 0.6 is 15.9 Å². The van der Waals surface area contributed by atoms with E-state index in [2.05, 4.69) is 21.2 Å². The maximum atomic E-state index is 11.8. The van der Waals surface area contributed by atoms with Crippen LogP contribution < -0.4 is 10.1 Å². The molecule has 0 bridgehead atoms. The molecule has 0 radical (unpaired) electrons. The number of carbonyl (C=O) groups is 2. The van der Waals surface area contributed by atoms with Crippen LogP contribution in [-0.4, -0.2) is 24.1 Å². The molecule has 1 aromatic carbocycles. The molecule has 0 saturated heterocycles. The molecule has 0 heterocycles. The minimum Gasteiger partial charge on any atom is -0.495 e. The van der Waals surface area contributed by atoms with E-state index in [1.54, 1.807) is 18.2 Å². The Morgan fingerprint density at radius 3 is 2.72 bits per heavy atom. The molecule has 2 N–H and O–H groups in total. The summed E-state index contributed by atoms with van der Waals surface area (Å²) in [4.78, 5) is 22.5. The zero-order valence-electron chi connectivity index (χ0n) is 9.64. The van der Waals surface area contributed by atoms with Crippen LogP contribution in [0.25, 0.3) is 0 Å². The van der Waals surface area contributed by atoms with E-state index < -0.39 is 17.8 Å². The maximum absolute atomic E-state index is 11.8. The topological polar surface area (TPSA) is 75.6 Å². The normalized spacial score (nSPS) is 21.2. The van der Waals surface area contributed by atoms with Crippen molar-refractivity contribution in [2.75, 3.05) is 12.4 Å². The van der Waals surface area contributed by atoms with E-state index in [9.17, 15) is 9.59 Å². The number of aliphatic carboxylic acids is 1. The van der Waals surface area contributed by atoms with Gasteiger partial charge in [-0.05, 0) is 24.6 Å². The third kappa shape index (κ3) is 2.64. The summed E-state index contributed by atoms with van der Waals surface area (Å²) in [5, 5.41) is 11.5. The summed E-state index contributed by atoms with van der Waals surface area (Å²) in [6.45, 7) is 0. The van der Waals surface area contributed by atoms with Gasteiger partial charge in [0.25, 0.3) is 0 Å². The van der Waals surface area contributed by atoms with Gasteiger partial charge in [-0.3, -0.25) is 9.59 Å². The lowest BCUT2D eigenvalue weighted by molar-refractivity contribution is -0.139. The summed E-state index contributed by atoms with van der Waals surface area (Å²) in [6.07, 6.45) is 0.400. The molecule has 1 aliphatic rings. The Bertz CT molecular complexity index is 503. The fourth-order valence-corrected chi connectivity index (χ4v) is 2.12. The van der Waals surface area contributed by atoms with Crippen molar-refractivity contribution in [3.8, 4) is 5.75 Å². The highest BCUT2D eigenvalue weighted by Gasteiger charge is 2.48. The minimum atomic E-state index is -0.920. The van der Waals surface area contributed by atoms with Gasteiger partial charge >= 0.3 is 5.97 Å².